The molecule has 4 aromatic rings. The second kappa shape index (κ2) is 9.22. The van der Waals surface area contributed by atoms with Crippen molar-refractivity contribution in [3.63, 3.8) is 0 Å². The van der Waals surface area contributed by atoms with Crippen molar-refractivity contribution in [3.05, 3.63) is 63.7 Å². The second-order valence-electron chi connectivity index (χ2n) is 9.45. The van der Waals surface area contributed by atoms with Gasteiger partial charge < -0.3 is 4.90 Å². The predicted octanol–water partition coefficient (Wildman–Crippen LogP) is 2.15. The smallest absolute Gasteiger partial charge is 0.262 e. The Kier molecular flexibility index (Phi) is 6.03. The van der Waals surface area contributed by atoms with E-state index in [0.29, 0.717) is 36.3 Å². The van der Waals surface area contributed by atoms with Crippen molar-refractivity contribution in [1.29, 1.82) is 0 Å². The molecule has 0 amide bonds. The minimum atomic E-state index is -3.25. The highest BCUT2D eigenvalue weighted by molar-refractivity contribution is 7.88. The molecule has 0 N–H and O–H groups in total. The first-order valence-corrected chi connectivity index (χ1v) is 14.8. The third kappa shape index (κ3) is 4.30. The lowest BCUT2D eigenvalue weighted by molar-refractivity contribution is 0.247. The molecule has 1 saturated heterocycles. The molecule has 1 aromatic carbocycles. The molecule has 3 aromatic heterocycles. The lowest BCUT2D eigenvalue weighted by atomic mass is 10.1. The lowest BCUT2D eigenvalue weighted by Crippen LogP contribution is -2.47. The largest absolute Gasteiger partial charge is 0.367 e. The summed E-state index contributed by atoms with van der Waals surface area (Å²) in [6.07, 6.45) is 5.26. The number of hydrogen-bond acceptors (Lipinski definition) is 8. The molecule has 36 heavy (non-hydrogen) atoms. The number of hydrogen-bond donors (Lipinski definition) is 0. The van der Waals surface area contributed by atoms with Crippen molar-refractivity contribution in [2.45, 2.75) is 19.5 Å². The first-order chi connectivity index (χ1) is 17.4. The minimum Gasteiger partial charge on any atom is -0.367 e. The molecular formula is C25H28N6O3S2. The maximum Gasteiger partial charge on any atom is 0.262 e. The third-order valence-electron chi connectivity index (χ3n) is 7.24. The topological polar surface area (TPSA) is 91.6 Å². The van der Waals surface area contributed by atoms with Gasteiger partial charge in [-0.15, -0.1) is 11.3 Å². The summed E-state index contributed by atoms with van der Waals surface area (Å²) < 4.78 is 27.1. The Bertz CT molecular complexity index is 1600. The van der Waals surface area contributed by atoms with E-state index < -0.39 is 10.0 Å². The van der Waals surface area contributed by atoms with Crippen LogP contribution in [0.2, 0.25) is 0 Å². The van der Waals surface area contributed by atoms with Crippen LogP contribution in [0.5, 0.6) is 0 Å². The van der Waals surface area contributed by atoms with Crippen molar-refractivity contribution in [1.82, 2.24) is 23.7 Å². The van der Waals surface area contributed by atoms with Gasteiger partial charge in [0.2, 0.25) is 10.0 Å². The minimum absolute atomic E-state index is 0.0224. The van der Waals surface area contributed by atoms with Gasteiger partial charge in [0.15, 0.2) is 0 Å². The molecule has 11 heteroatoms. The predicted molar refractivity (Wildman–Crippen MR) is 143 cm³/mol. The van der Waals surface area contributed by atoms with E-state index in [9.17, 15) is 13.2 Å². The van der Waals surface area contributed by atoms with Gasteiger partial charge in [-0.05, 0) is 24.1 Å². The van der Waals surface area contributed by atoms with Gasteiger partial charge in [0.25, 0.3) is 5.56 Å². The molecule has 0 radical (unpaired) electrons. The quantitative estimate of drug-likeness (QED) is 0.395. The standard InChI is InChI=1S/C25H28N6O3S2/c1-36(33,34)31-9-7-19-21(16-31)35-24-22(19)25(32)30(17-27-24)15-12-28-10-13-29(14-11-28)20-6-2-4-18-5-3-8-26-23(18)20/h2-6,8,17H,7,9-16H2,1H3. The van der Waals surface area contributed by atoms with E-state index in [1.54, 1.807) is 10.9 Å². The molecule has 0 unspecified atom stereocenters. The number of para-hydroxylation sites is 1. The molecule has 188 valence electrons. The van der Waals surface area contributed by atoms with E-state index in [2.05, 4.69) is 44.0 Å². The van der Waals surface area contributed by atoms with Crippen LogP contribution in [0.25, 0.3) is 21.1 Å². The Balaban J connectivity index is 1.14. The maximum atomic E-state index is 13.3. The van der Waals surface area contributed by atoms with Crippen LogP contribution >= 0.6 is 11.3 Å². The van der Waals surface area contributed by atoms with E-state index in [1.807, 2.05) is 12.3 Å². The lowest BCUT2D eigenvalue weighted by Gasteiger charge is -2.36. The Morgan fingerprint density at radius 3 is 2.61 bits per heavy atom. The van der Waals surface area contributed by atoms with Crippen LogP contribution in [0.15, 0.2) is 47.7 Å². The molecule has 1 fully saturated rings. The van der Waals surface area contributed by atoms with Crippen LogP contribution in [-0.4, -0.2) is 77.7 Å². The van der Waals surface area contributed by atoms with E-state index in [0.717, 1.165) is 54.1 Å². The number of anilines is 1. The number of nitrogens with zero attached hydrogens (tertiary/aromatic N) is 6. The summed E-state index contributed by atoms with van der Waals surface area (Å²) in [6, 6.07) is 10.4. The number of thiophene rings is 1. The summed E-state index contributed by atoms with van der Waals surface area (Å²) in [5.41, 5.74) is 3.17. The average molecular weight is 525 g/mol. The average Bonchev–Trinajstić information content (AvgIpc) is 3.26. The van der Waals surface area contributed by atoms with E-state index >= 15 is 0 Å². The van der Waals surface area contributed by atoms with Crippen LogP contribution in [0.3, 0.4) is 0 Å². The highest BCUT2D eigenvalue weighted by Gasteiger charge is 2.28. The molecule has 0 bridgehead atoms. The number of rotatable bonds is 5. The highest BCUT2D eigenvalue weighted by Crippen LogP contribution is 2.33. The Hall–Kier alpha value is -2.86. The molecular weight excluding hydrogens is 496 g/mol. The number of aromatic nitrogens is 3. The van der Waals surface area contributed by atoms with Crippen LogP contribution < -0.4 is 10.5 Å². The van der Waals surface area contributed by atoms with Crippen molar-refractivity contribution in [2.75, 3.05) is 50.4 Å². The first-order valence-electron chi connectivity index (χ1n) is 12.1. The van der Waals surface area contributed by atoms with Crippen molar-refractivity contribution in [3.8, 4) is 0 Å². The van der Waals surface area contributed by atoms with Crippen LogP contribution in [-0.2, 0) is 29.5 Å². The number of sulfonamides is 1. The maximum absolute atomic E-state index is 13.3. The summed E-state index contributed by atoms with van der Waals surface area (Å²) in [5, 5.41) is 1.82. The summed E-state index contributed by atoms with van der Waals surface area (Å²) in [5.74, 6) is 0. The first kappa shape index (κ1) is 23.5. The van der Waals surface area contributed by atoms with Gasteiger partial charge >= 0.3 is 0 Å². The third-order valence-corrected chi connectivity index (χ3v) is 9.62. The zero-order chi connectivity index (χ0) is 24.9. The Labute approximate surface area is 213 Å². The normalized spacial score (nSPS) is 17.6. The summed E-state index contributed by atoms with van der Waals surface area (Å²) in [7, 11) is -3.25. The van der Waals surface area contributed by atoms with Gasteiger partial charge in [0.05, 0.1) is 29.2 Å². The van der Waals surface area contributed by atoms with Gasteiger partial charge in [-0.2, -0.15) is 4.31 Å². The molecule has 0 aliphatic carbocycles. The molecule has 2 aliphatic rings. The summed E-state index contributed by atoms with van der Waals surface area (Å²) >= 11 is 1.44. The van der Waals surface area contributed by atoms with Crippen LogP contribution in [0, 0.1) is 0 Å². The van der Waals surface area contributed by atoms with Gasteiger partial charge in [0.1, 0.15) is 4.83 Å². The van der Waals surface area contributed by atoms with Gasteiger partial charge in [-0.1, -0.05) is 18.2 Å². The molecule has 9 nitrogen and oxygen atoms in total. The monoisotopic (exact) mass is 524 g/mol. The molecule has 0 spiro atoms. The molecule has 0 atom stereocenters. The second-order valence-corrected chi connectivity index (χ2v) is 12.5. The van der Waals surface area contributed by atoms with Gasteiger partial charge in [-0.3, -0.25) is 19.2 Å². The Morgan fingerprint density at radius 1 is 1.00 bits per heavy atom. The van der Waals surface area contributed by atoms with Crippen molar-refractivity contribution >= 4 is 48.2 Å². The van der Waals surface area contributed by atoms with E-state index in [-0.39, 0.29) is 5.56 Å². The number of fused-ring (bicyclic) bond motifs is 4. The van der Waals surface area contributed by atoms with Crippen LogP contribution in [0.4, 0.5) is 5.69 Å². The zero-order valence-corrected chi connectivity index (χ0v) is 21.8. The van der Waals surface area contributed by atoms with E-state index in [1.165, 1.54) is 27.6 Å². The van der Waals surface area contributed by atoms with Gasteiger partial charge in [-0.25, -0.2) is 13.4 Å². The molecule has 0 saturated carbocycles. The fourth-order valence-electron chi connectivity index (χ4n) is 5.24. The molecule has 6 rings (SSSR count). The van der Waals surface area contributed by atoms with Crippen LogP contribution in [0.1, 0.15) is 10.4 Å². The summed E-state index contributed by atoms with van der Waals surface area (Å²) in [4.78, 5) is 28.9. The fraction of sp³-hybridized carbons (Fsp3) is 0.400. The SMILES string of the molecule is CS(=O)(=O)N1CCc2c(sc3ncn(CCN4CCN(c5cccc6cccnc56)CC4)c(=O)c23)C1. The summed E-state index contributed by atoms with van der Waals surface area (Å²) in [6.45, 7) is 5.76. The van der Waals surface area contributed by atoms with E-state index in [4.69, 9.17) is 0 Å². The van der Waals surface area contributed by atoms with Crippen molar-refractivity contribution in [2.24, 2.45) is 0 Å². The number of piperazine rings is 1. The molecule has 5 heterocycles. The molecule has 2 aliphatic heterocycles. The highest BCUT2D eigenvalue weighted by atomic mass is 32.2. The number of pyridine rings is 1. The number of benzene rings is 1. The van der Waals surface area contributed by atoms with Crippen molar-refractivity contribution < 1.29 is 8.42 Å². The fourth-order valence-corrected chi connectivity index (χ4v) is 7.30. The Morgan fingerprint density at radius 2 is 1.81 bits per heavy atom. The van der Waals surface area contributed by atoms with Gasteiger partial charge in [0, 0.05) is 68.8 Å². The zero-order valence-electron chi connectivity index (χ0n) is 20.1.